The molecule has 0 saturated heterocycles. The molecule has 0 radical (unpaired) electrons. The summed E-state index contributed by atoms with van der Waals surface area (Å²) >= 11 is 0. The Bertz CT molecular complexity index is 868. The molecular weight excluding hydrogens is 344 g/mol. The van der Waals surface area contributed by atoms with E-state index in [1.54, 1.807) is 11.8 Å². The fraction of sp³-hybridized carbons (Fsp3) is 0.450. The normalized spacial score (nSPS) is 20.0. The highest BCUT2D eigenvalue weighted by Gasteiger charge is 2.35. The van der Waals surface area contributed by atoms with Crippen LogP contribution in [0.25, 0.3) is 0 Å². The molecule has 2 heterocycles. The summed E-state index contributed by atoms with van der Waals surface area (Å²) in [4.78, 5) is 17.4. The van der Waals surface area contributed by atoms with Gasteiger partial charge in [0.15, 0.2) is 0 Å². The Kier molecular flexibility index (Phi) is 4.83. The highest BCUT2D eigenvalue weighted by Crippen LogP contribution is 2.37. The number of benzene rings is 1. The predicted octanol–water partition coefficient (Wildman–Crippen LogP) is 3.45. The van der Waals surface area contributed by atoms with Crippen LogP contribution in [-0.2, 0) is 9.53 Å². The van der Waals surface area contributed by atoms with Crippen molar-refractivity contribution in [1.29, 1.82) is 0 Å². The predicted molar refractivity (Wildman–Crippen MR) is 100 cm³/mol. The van der Waals surface area contributed by atoms with E-state index in [1.807, 2.05) is 31.2 Å². The number of esters is 1. The van der Waals surface area contributed by atoms with E-state index in [1.165, 1.54) is 12.7 Å². The van der Waals surface area contributed by atoms with E-state index in [0.29, 0.717) is 11.5 Å². The second-order valence-electron chi connectivity index (χ2n) is 7.04. The number of anilines is 1. The topological polar surface area (TPSA) is 78.3 Å². The second kappa shape index (κ2) is 7.42. The van der Waals surface area contributed by atoms with Crippen LogP contribution < -0.4 is 10.1 Å². The van der Waals surface area contributed by atoms with Crippen LogP contribution in [0.5, 0.6) is 5.75 Å². The maximum atomic E-state index is 13.1. The summed E-state index contributed by atoms with van der Waals surface area (Å²) < 4.78 is 13.0. The zero-order valence-corrected chi connectivity index (χ0v) is 15.6. The van der Waals surface area contributed by atoms with Gasteiger partial charge < -0.3 is 14.8 Å². The van der Waals surface area contributed by atoms with E-state index in [9.17, 15) is 4.79 Å². The van der Waals surface area contributed by atoms with E-state index >= 15 is 0 Å². The number of nitrogens with one attached hydrogen (secondary N) is 1. The van der Waals surface area contributed by atoms with Gasteiger partial charge in [0.25, 0.3) is 0 Å². The molecule has 1 aromatic heterocycles. The number of methoxy groups -OCH3 is 1. The van der Waals surface area contributed by atoms with Crippen molar-refractivity contribution >= 4 is 11.9 Å². The first-order valence-electron chi connectivity index (χ1n) is 9.39. The molecule has 0 bridgehead atoms. The van der Waals surface area contributed by atoms with Gasteiger partial charge in [0.05, 0.1) is 12.7 Å². The highest BCUT2D eigenvalue weighted by atomic mass is 16.5. The Morgan fingerprint density at radius 1 is 1.26 bits per heavy atom. The van der Waals surface area contributed by atoms with Crippen LogP contribution in [0.1, 0.15) is 50.6 Å². The average molecular weight is 368 g/mol. The van der Waals surface area contributed by atoms with Crippen LogP contribution in [0.2, 0.25) is 0 Å². The first-order chi connectivity index (χ1) is 13.2. The number of aromatic nitrogens is 3. The third kappa shape index (κ3) is 3.41. The summed E-state index contributed by atoms with van der Waals surface area (Å²) in [7, 11) is 1.63. The number of rotatable bonds is 4. The third-order valence-corrected chi connectivity index (χ3v) is 5.25. The maximum absolute atomic E-state index is 13.1. The first-order valence-corrected chi connectivity index (χ1v) is 9.39. The molecule has 0 spiro atoms. The lowest BCUT2D eigenvalue weighted by molar-refractivity contribution is -0.146. The number of nitrogens with zero attached hydrogens (tertiary/aromatic N) is 3. The molecule has 0 amide bonds. The van der Waals surface area contributed by atoms with Crippen molar-refractivity contribution in [2.45, 2.75) is 51.2 Å². The van der Waals surface area contributed by atoms with Crippen molar-refractivity contribution in [3.8, 4) is 5.75 Å². The maximum Gasteiger partial charge on any atom is 0.338 e. The van der Waals surface area contributed by atoms with Gasteiger partial charge in [0.2, 0.25) is 5.95 Å². The van der Waals surface area contributed by atoms with Gasteiger partial charge in [-0.2, -0.15) is 10.1 Å². The van der Waals surface area contributed by atoms with Gasteiger partial charge in [0.1, 0.15) is 24.2 Å². The number of hydrogen-bond acceptors (Lipinski definition) is 6. The average Bonchev–Trinajstić information content (AvgIpc) is 3.15. The second-order valence-corrected chi connectivity index (χ2v) is 7.04. The minimum atomic E-state index is -0.407. The largest absolute Gasteiger partial charge is 0.497 e. The number of carbonyl (C=O) groups excluding carboxylic acids is 1. The molecule has 2 aromatic rings. The Balaban J connectivity index is 1.71. The summed E-state index contributed by atoms with van der Waals surface area (Å²) in [5.74, 6) is 1.04. The van der Waals surface area contributed by atoms with E-state index in [0.717, 1.165) is 42.7 Å². The highest BCUT2D eigenvalue weighted by molar-refractivity contribution is 5.92. The molecule has 1 saturated carbocycles. The zero-order valence-electron chi connectivity index (χ0n) is 15.6. The Hall–Kier alpha value is -2.83. The van der Waals surface area contributed by atoms with Crippen LogP contribution >= 0.6 is 0 Å². The molecule has 1 fully saturated rings. The molecule has 27 heavy (non-hydrogen) atoms. The van der Waals surface area contributed by atoms with Crippen LogP contribution in [-0.4, -0.2) is 33.9 Å². The molecule has 4 rings (SSSR count). The van der Waals surface area contributed by atoms with Gasteiger partial charge in [-0.15, -0.1) is 0 Å². The van der Waals surface area contributed by atoms with Gasteiger partial charge >= 0.3 is 5.97 Å². The number of ether oxygens (including phenoxy) is 2. The fourth-order valence-corrected chi connectivity index (χ4v) is 3.87. The molecule has 1 atom stereocenters. The molecule has 1 N–H and O–H groups in total. The van der Waals surface area contributed by atoms with E-state index in [2.05, 4.69) is 15.4 Å². The quantitative estimate of drug-likeness (QED) is 0.833. The molecule has 2 aliphatic rings. The smallest absolute Gasteiger partial charge is 0.338 e. The lowest BCUT2D eigenvalue weighted by atomic mass is 9.94. The van der Waals surface area contributed by atoms with Crippen LogP contribution in [0.4, 0.5) is 5.95 Å². The lowest BCUT2D eigenvalue weighted by Crippen LogP contribution is -2.32. The van der Waals surface area contributed by atoms with Crippen molar-refractivity contribution in [2.75, 3.05) is 12.4 Å². The lowest BCUT2D eigenvalue weighted by Gasteiger charge is -2.30. The zero-order chi connectivity index (χ0) is 18.8. The van der Waals surface area contributed by atoms with Crippen molar-refractivity contribution < 1.29 is 14.3 Å². The molecule has 1 aromatic carbocycles. The number of hydrogen-bond donors (Lipinski definition) is 1. The summed E-state index contributed by atoms with van der Waals surface area (Å²) in [6.07, 6.45) is 6.79. The number of fused-ring (bicyclic) bond motifs is 1. The van der Waals surface area contributed by atoms with Crippen molar-refractivity contribution in [3.05, 3.63) is 47.4 Å². The van der Waals surface area contributed by atoms with E-state index in [4.69, 9.17) is 9.47 Å². The molecule has 1 unspecified atom stereocenters. The molecular formula is C20H24N4O3. The summed E-state index contributed by atoms with van der Waals surface area (Å²) in [6, 6.07) is 7.26. The minimum Gasteiger partial charge on any atom is -0.497 e. The third-order valence-electron chi connectivity index (χ3n) is 5.25. The molecule has 7 nitrogen and oxygen atoms in total. The molecule has 1 aliphatic carbocycles. The van der Waals surface area contributed by atoms with Gasteiger partial charge in [-0.05, 0) is 50.3 Å². The molecule has 142 valence electrons. The van der Waals surface area contributed by atoms with Crippen LogP contribution in [0, 0.1) is 0 Å². The fourth-order valence-electron chi connectivity index (χ4n) is 3.87. The van der Waals surface area contributed by atoms with Crippen molar-refractivity contribution in [1.82, 2.24) is 14.8 Å². The standard InChI is InChI=1S/C20H24N4O3/c1-13-17(19(25)27-15-8-4-3-5-9-15)18(24-20(23-13)21-12-22-24)14-7-6-10-16(11-14)26-2/h6-7,10-12,15,18H,3-5,8-9H2,1-2H3,(H,21,22,23). The van der Waals surface area contributed by atoms with Crippen molar-refractivity contribution in [3.63, 3.8) is 0 Å². The van der Waals surface area contributed by atoms with E-state index in [-0.39, 0.29) is 12.1 Å². The Morgan fingerprint density at radius 2 is 2.07 bits per heavy atom. The van der Waals surface area contributed by atoms with Crippen LogP contribution in [0.3, 0.4) is 0 Å². The van der Waals surface area contributed by atoms with Crippen LogP contribution in [0.15, 0.2) is 41.9 Å². The summed E-state index contributed by atoms with van der Waals surface area (Å²) in [6.45, 7) is 1.88. The summed E-state index contributed by atoms with van der Waals surface area (Å²) in [5, 5.41) is 7.52. The minimum absolute atomic E-state index is 0.00495. The number of carbonyl (C=O) groups is 1. The van der Waals surface area contributed by atoms with E-state index < -0.39 is 6.04 Å². The molecule has 1 aliphatic heterocycles. The van der Waals surface area contributed by atoms with Crippen molar-refractivity contribution in [2.24, 2.45) is 0 Å². The van der Waals surface area contributed by atoms with Gasteiger partial charge in [-0.25, -0.2) is 9.48 Å². The Morgan fingerprint density at radius 3 is 2.85 bits per heavy atom. The van der Waals surface area contributed by atoms with Gasteiger partial charge in [-0.3, -0.25) is 0 Å². The van der Waals surface area contributed by atoms with Gasteiger partial charge in [0, 0.05) is 5.70 Å². The molecule has 7 heteroatoms. The SMILES string of the molecule is COc1cccc(C2C(C(=O)OC3CCCCC3)=C(C)Nc3ncnn32)c1. The summed E-state index contributed by atoms with van der Waals surface area (Å²) in [5.41, 5.74) is 2.20. The number of allylic oxidation sites excluding steroid dienone is 1. The Labute approximate surface area is 158 Å². The van der Waals surface area contributed by atoms with Gasteiger partial charge in [-0.1, -0.05) is 18.6 Å². The monoisotopic (exact) mass is 368 g/mol. The first kappa shape index (κ1) is 17.6.